The van der Waals surface area contributed by atoms with Gasteiger partial charge in [-0.25, -0.2) is 9.97 Å². The largest absolute Gasteiger partial charge is 0.370 e. The molecule has 0 aliphatic rings. The highest BCUT2D eigenvalue weighted by Gasteiger charge is 2.05. The van der Waals surface area contributed by atoms with Crippen LogP contribution < -0.4 is 10.6 Å². The molecule has 0 saturated heterocycles. The topological polar surface area (TPSA) is 49.8 Å². The predicted octanol–water partition coefficient (Wildman–Crippen LogP) is 4.77. The minimum absolute atomic E-state index is 0.687. The van der Waals surface area contributed by atoms with Crippen LogP contribution in [0.5, 0.6) is 0 Å². The first-order valence-electron chi connectivity index (χ1n) is 6.40. The maximum atomic E-state index is 5.93. The second-order valence-corrected chi connectivity index (χ2v) is 5.65. The van der Waals surface area contributed by atoms with Gasteiger partial charge in [-0.1, -0.05) is 18.5 Å². The standard InChI is InChI=1S/C14H16BrClN4/c1-3-6-17-13-8-14(19-9(2)18-13)20-12-5-4-10(16)7-11(12)15/h4-5,7-8H,3,6H2,1-2H3,(H2,17,18,19,20). The first kappa shape index (κ1) is 15.1. The highest BCUT2D eigenvalue weighted by molar-refractivity contribution is 9.10. The van der Waals surface area contributed by atoms with Crippen molar-refractivity contribution in [2.45, 2.75) is 20.3 Å². The zero-order valence-electron chi connectivity index (χ0n) is 11.4. The number of halogens is 2. The van der Waals surface area contributed by atoms with Gasteiger partial charge in [0.2, 0.25) is 0 Å². The molecule has 0 atom stereocenters. The van der Waals surface area contributed by atoms with Crippen LogP contribution in [-0.4, -0.2) is 16.5 Å². The lowest BCUT2D eigenvalue weighted by atomic mass is 10.3. The molecule has 106 valence electrons. The van der Waals surface area contributed by atoms with Gasteiger partial charge in [0.05, 0.1) is 5.69 Å². The van der Waals surface area contributed by atoms with E-state index in [-0.39, 0.29) is 0 Å². The third kappa shape index (κ3) is 4.08. The van der Waals surface area contributed by atoms with Gasteiger partial charge in [-0.2, -0.15) is 0 Å². The first-order valence-corrected chi connectivity index (χ1v) is 7.57. The van der Waals surface area contributed by atoms with E-state index in [0.717, 1.165) is 40.6 Å². The van der Waals surface area contributed by atoms with E-state index >= 15 is 0 Å². The summed E-state index contributed by atoms with van der Waals surface area (Å²) in [4.78, 5) is 8.74. The van der Waals surface area contributed by atoms with Crippen LogP contribution in [0.4, 0.5) is 17.3 Å². The average Bonchev–Trinajstić information content (AvgIpc) is 2.39. The fourth-order valence-electron chi connectivity index (χ4n) is 1.70. The highest BCUT2D eigenvalue weighted by Crippen LogP contribution is 2.28. The van der Waals surface area contributed by atoms with Gasteiger partial charge in [0.15, 0.2) is 0 Å². The molecule has 20 heavy (non-hydrogen) atoms. The van der Waals surface area contributed by atoms with Crippen molar-refractivity contribution >= 4 is 44.9 Å². The SMILES string of the molecule is CCCNc1cc(Nc2ccc(Cl)cc2Br)nc(C)n1. The summed E-state index contributed by atoms with van der Waals surface area (Å²) in [5.74, 6) is 2.30. The van der Waals surface area contributed by atoms with Crippen molar-refractivity contribution in [3.8, 4) is 0 Å². The summed E-state index contributed by atoms with van der Waals surface area (Å²) < 4.78 is 0.893. The van der Waals surface area contributed by atoms with Crippen LogP contribution in [0.25, 0.3) is 0 Å². The molecule has 2 aromatic rings. The third-order valence-electron chi connectivity index (χ3n) is 2.59. The van der Waals surface area contributed by atoms with Crippen molar-refractivity contribution in [1.82, 2.24) is 9.97 Å². The Morgan fingerprint density at radius 1 is 1.20 bits per heavy atom. The van der Waals surface area contributed by atoms with Crippen LogP contribution in [0.2, 0.25) is 5.02 Å². The van der Waals surface area contributed by atoms with E-state index in [4.69, 9.17) is 11.6 Å². The highest BCUT2D eigenvalue weighted by atomic mass is 79.9. The number of aryl methyl sites for hydroxylation is 1. The molecule has 2 N–H and O–H groups in total. The summed E-state index contributed by atoms with van der Waals surface area (Å²) in [5, 5.41) is 7.21. The molecule has 0 unspecified atom stereocenters. The van der Waals surface area contributed by atoms with Crippen LogP contribution in [0, 0.1) is 6.92 Å². The van der Waals surface area contributed by atoms with E-state index in [9.17, 15) is 0 Å². The summed E-state index contributed by atoms with van der Waals surface area (Å²) in [6.07, 6.45) is 1.05. The lowest BCUT2D eigenvalue weighted by Gasteiger charge is -2.11. The quantitative estimate of drug-likeness (QED) is 0.811. The second kappa shape index (κ2) is 6.90. The molecule has 0 radical (unpaired) electrons. The van der Waals surface area contributed by atoms with E-state index in [1.54, 1.807) is 0 Å². The molecule has 1 aromatic heterocycles. The Kier molecular flexibility index (Phi) is 5.20. The Bertz CT molecular complexity index is 604. The summed E-state index contributed by atoms with van der Waals surface area (Å²) in [6, 6.07) is 7.47. The number of hydrogen-bond acceptors (Lipinski definition) is 4. The predicted molar refractivity (Wildman–Crippen MR) is 88.0 cm³/mol. The van der Waals surface area contributed by atoms with Crippen molar-refractivity contribution in [1.29, 1.82) is 0 Å². The van der Waals surface area contributed by atoms with Crippen LogP contribution in [0.15, 0.2) is 28.7 Å². The molecule has 0 bridgehead atoms. The number of nitrogens with one attached hydrogen (secondary N) is 2. The number of hydrogen-bond donors (Lipinski definition) is 2. The smallest absolute Gasteiger partial charge is 0.136 e. The normalized spacial score (nSPS) is 10.4. The van der Waals surface area contributed by atoms with Crippen LogP contribution in [-0.2, 0) is 0 Å². The third-order valence-corrected chi connectivity index (χ3v) is 3.48. The van der Waals surface area contributed by atoms with E-state index < -0.39 is 0 Å². The first-order chi connectivity index (χ1) is 9.58. The zero-order chi connectivity index (χ0) is 14.5. The number of aromatic nitrogens is 2. The molecule has 6 heteroatoms. The monoisotopic (exact) mass is 354 g/mol. The molecule has 0 aliphatic carbocycles. The van der Waals surface area contributed by atoms with Gasteiger partial charge in [0, 0.05) is 22.1 Å². The van der Waals surface area contributed by atoms with Gasteiger partial charge < -0.3 is 10.6 Å². The minimum atomic E-state index is 0.687. The molecule has 4 nitrogen and oxygen atoms in total. The Morgan fingerprint density at radius 2 is 1.95 bits per heavy atom. The molecule has 2 rings (SSSR count). The number of rotatable bonds is 5. The minimum Gasteiger partial charge on any atom is -0.370 e. The lowest BCUT2D eigenvalue weighted by molar-refractivity contribution is 0.955. The Morgan fingerprint density at radius 3 is 2.65 bits per heavy atom. The lowest BCUT2D eigenvalue weighted by Crippen LogP contribution is -2.05. The molecule has 1 aromatic carbocycles. The van der Waals surface area contributed by atoms with Crippen LogP contribution >= 0.6 is 27.5 Å². The number of anilines is 3. The number of nitrogens with zero attached hydrogens (tertiary/aromatic N) is 2. The number of benzene rings is 1. The molecule has 0 fully saturated rings. The molecular weight excluding hydrogens is 340 g/mol. The van der Waals surface area contributed by atoms with Crippen molar-refractivity contribution in [3.63, 3.8) is 0 Å². The summed E-state index contributed by atoms with van der Waals surface area (Å²) in [6.45, 7) is 4.88. The Hall–Kier alpha value is -1.33. The summed E-state index contributed by atoms with van der Waals surface area (Å²) in [5.41, 5.74) is 0.911. The van der Waals surface area contributed by atoms with E-state index in [1.807, 2.05) is 31.2 Å². The van der Waals surface area contributed by atoms with Gasteiger partial charge in [-0.3, -0.25) is 0 Å². The molecule has 0 saturated carbocycles. The van der Waals surface area contributed by atoms with Gasteiger partial charge >= 0.3 is 0 Å². The van der Waals surface area contributed by atoms with Gasteiger partial charge in [-0.15, -0.1) is 0 Å². The van der Waals surface area contributed by atoms with Gasteiger partial charge in [-0.05, 0) is 47.5 Å². The maximum absolute atomic E-state index is 5.93. The van der Waals surface area contributed by atoms with Crippen molar-refractivity contribution in [2.24, 2.45) is 0 Å². The Labute approximate surface area is 132 Å². The Balaban J connectivity index is 2.21. The maximum Gasteiger partial charge on any atom is 0.136 e. The molecule has 0 spiro atoms. The van der Waals surface area contributed by atoms with Gasteiger partial charge in [0.25, 0.3) is 0 Å². The molecule has 0 amide bonds. The zero-order valence-corrected chi connectivity index (χ0v) is 13.7. The fraction of sp³-hybridized carbons (Fsp3) is 0.286. The molecule has 1 heterocycles. The van der Waals surface area contributed by atoms with Crippen molar-refractivity contribution in [2.75, 3.05) is 17.2 Å². The average molecular weight is 356 g/mol. The molecular formula is C14H16BrClN4. The summed E-state index contributed by atoms with van der Waals surface area (Å²) in [7, 11) is 0. The van der Waals surface area contributed by atoms with Crippen molar-refractivity contribution in [3.05, 3.63) is 39.6 Å². The van der Waals surface area contributed by atoms with E-state index in [0.29, 0.717) is 5.02 Å². The summed E-state index contributed by atoms with van der Waals surface area (Å²) >= 11 is 9.41. The van der Waals surface area contributed by atoms with E-state index in [1.165, 1.54) is 0 Å². The van der Waals surface area contributed by atoms with Crippen molar-refractivity contribution < 1.29 is 0 Å². The van der Waals surface area contributed by atoms with Crippen LogP contribution in [0.3, 0.4) is 0 Å². The fourth-order valence-corrected chi connectivity index (χ4v) is 2.49. The van der Waals surface area contributed by atoms with E-state index in [2.05, 4.69) is 43.5 Å². The van der Waals surface area contributed by atoms with Crippen LogP contribution in [0.1, 0.15) is 19.2 Å². The molecule has 0 aliphatic heterocycles. The second-order valence-electron chi connectivity index (χ2n) is 4.36. The van der Waals surface area contributed by atoms with Gasteiger partial charge in [0.1, 0.15) is 17.5 Å².